The first-order valence-electron chi connectivity index (χ1n) is 13.7. The van der Waals surface area contributed by atoms with Gasteiger partial charge in [0.15, 0.2) is 11.6 Å². The van der Waals surface area contributed by atoms with Crippen molar-refractivity contribution >= 4 is 29.1 Å². The molecule has 45 heavy (non-hydrogen) atoms. The number of hydrogen-bond donors (Lipinski definition) is 3. The molecule has 3 N–H and O–H groups in total. The molecule has 4 rings (SSSR count). The maximum atomic E-state index is 13.6. The van der Waals surface area contributed by atoms with E-state index in [1.165, 1.54) is 43.3 Å². The van der Waals surface area contributed by atoms with Gasteiger partial charge >= 0.3 is 0 Å². The number of hydrogen-bond acceptors (Lipinski definition) is 7. The number of benzene rings is 2. The molecule has 232 valence electrons. The predicted octanol–water partition coefficient (Wildman–Crippen LogP) is 5.59. The van der Waals surface area contributed by atoms with Gasteiger partial charge in [-0.3, -0.25) is 25.2 Å². The number of pyridine rings is 1. The molecule has 0 bridgehead atoms. The second-order valence-corrected chi connectivity index (χ2v) is 11.4. The van der Waals surface area contributed by atoms with E-state index in [9.17, 15) is 32.8 Å². The van der Waals surface area contributed by atoms with E-state index in [2.05, 4.69) is 27.2 Å². The van der Waals surface area contributed by atoms with Gasteiger partial charge in [0.25, 0.3) is 11.8 Å². The number of rotatable bonds is 10. The number of nitrogens with zero attached hydrogens (tertiary/aromatic N) is 2. The molecule has 0 aliphatic heterocycles. The zero-order chi connectivity index (χ0) is 32.7. The van der Waals surface area contributed by atoms with E-state index in [0.29, 0.717) is 28.1 Å². The summed E-state index contributed by atoms with van der Waals surface area (Å²) in [7, 11) is 0. The maximum Gasteiger partial charge on any atom is 0.275 e. The zero-order valence-corrected chi connectivity index (χ0v) is 25.3. The van der Waals surface area contributed by atoms with Crippen molar-refractivity contribution in [3.8, 4) is 22.4 Å². The molecule has 4 aromatic rings. The first-order valence-corrected chi connectivity index (χ1v) is 14.5. The van der Waals surface area contributed by atoms with Gasteiger partial charge in [-0.1, -0.05) is 32.0 Å². The summed E-state index contributed by atoms with van der Waals surface area (Å²) in [4.78, 5) is 43.2. The first kappa shape index (κ1) is 32.7. The third-order valence-electron chi connectivity index (χ3n) is 6.33. The van der Waals surface area contributed by atoms with Crippen molar-refractivity contribution in [1.29, 1.82) is 5.26 Å². The highest BCUT2D eigenvalue weighted by Gasteiger charge is 2.29. The Kier molecular flexibility index (Phi) is 10.5. The number of hydrazine groups is 1. The van der Waals surface area contributed by atoms with E-state index in [-0.39, 0.29) is 46.5 Å². The fraction of sp³-hybridized carbons (Fsp3) is 0.219. The quantitative estimate of drug-likeness (QED) is 0.195. The first-order chi connectivity index (χ1) is 21.5. The summed E-state index contributed by atoms with van der Waals surface area (Å²) in [5.74, 6) is -4.47. The lowest BCUT2D eigenvalue weighted by Crippen LogP contribution is -2.40. The van der Waals surface area contributed by atoms with Crippen molar-refractivity contribution in [2.45, 2.75) is 40.3 Å². The molecule has 13 heteroatoms. The number of ether oxygens (including phenoxy) is 1. The number of halogens is 3. The number of carbonyl (C=O) groups is 3. The van der Waals surface area contributed by atoms with Gasteiger partial charge < -0.3 is 10.1 Å². The lowest BCUT2D eigenvalue weighted by Gasteiger charge is -2.19. The van der Waals surface area contributed by atoms with Crippen LogP contribution in [0.5, 0.6) is 5.88 Å². The Hall–Kier alpha value is -5.22. The second kappa shape index (κ2) is 14.5. The van der Waals surface area contributed by atoms with E-state index >= 15 is 0 Å². The lowest BCUT2D eigenvalue weighted by molar-refractivity contribution is -0.119. The van der Waals surface area contributed by atoms with Crippen molar-refractivity contribution in [1.82, 2.24) is 21.2 Å². The van der Waals surface area contributed by atoms with E-state index in [4.69, 9.17) is 4.74 Å². The second-order valence-electron chi connectivity index (χ2n) is 10.3. The van der Waals surface area contributed by atoms with Crippen LogP contribution >= 0.6 is 11.3 Å². The number of amides is 3. The summed E-state index contributed by atoms with van der Waals surface area (Å²) in [6.45, 7) is 4.88. The van der Waals surface area contributed by atoms with Crippen LogP contribution in [0.3, 0.4) is 0 Å². The number of nitriles is 1. The van der Waals surface area contributed by atoms with Crippen molar-refractivity contribution in [3.63, 3.8) is 0 Å². The van der Waals surface area contributed by atoms with Crippen LogP contribution in [-0.2, 0) is 24.4 Å². The maximum absolute atomic E-state index is 13.6. The summed E-state index contributed by atoms with van der Waals surface area (Å²) < 4.78 is 46.3. The van der Waals surface area contributed by atoms with E-state index in [0.717, 1.165) is 23.5 Å². The summed E-state index contributed by atoms with van der Waals surface area (Å²) in [5.41, 5.74) is 5.86. The van der Waals surface area contributed by atoms with Crippen LogP contribution < -0.4 is 20.9 Å². The minimum absolute atomic E-state index is 0.0578. The van der Waals surface area contributed by atoms with Crippen LogP contribution in [-0.4, -0.2) is 22.7 Å². The van der Waals surface area contributed by atoms with Gasteiger partial charge in [-0.2, -0.15) is 5.26 Å². The minimum Gasteiger partial charge on any atom is -0.472 e. The Morgan fingerprint density at radius 3 is 2.31 bits per heavy atom. The summed E-state index contributed by atoms with van der Waals surface area (Å²) in [5, 5.41) is 12.9. The predicted molar refractivity (Wildman–Crippen MR) is 160 cm³/mol. The third-order valence-corrected chi connectivity index (χ3v) is 7.44. The number of nitrogens with one attached hydrogen (secondary N) is 3. The van der Waals surface area contributed by atoms with Crippen molar-refractivity contribution in [2.24, 2.45) is 5.92 Å². The van der Waals surface area contributed by atoms with Crippen LogP contribution in [0.2, 0.25) is 0 Å². The smallest absolute Gasteiger partial charge is 0.275 e. The molecule has 2 heterocycles. The van der Waals surface area contributed by atoms with Gasteiger partial charge in [-0.05, 0) is 59.9 Å². The number of thiophene rings is 1. The monoisotopic (exact) mass is 635 g/mol. The minimum atomic E-state index is -1.04. The van der Waals surface area contributed by atoms with Gasteiger partial charge in [0.05, 0.1) is 16.1 Å². The summed E-state index contributed by atoms with van der Waals surface area (Å²) in [6.07, 6.45) is 0.351. The molecule has 0 saturated carbocycles. The standard InChI is InChI=1S/C32H28F3N5O4S/c1-17(2)12-25-22(14-36)28(26-10-11-27(45-26)30(42)37-15-20-6-9-23(34)24(35)13-20)29(31(43)40-39-18(3)41)32(38-25)44-16-19-4-7-21(33)8-5-19/h4-11,13,17H,12,15-16H2,1-3H3,(H,37,42)(H,39,41)(H,40,43). The Morgan fingerprint density at radius 1 is 0.956 bits per heavy atom. The van der Waals surface area contributed by atoms with Crippen LogP contribution in [0.15, 0.2) is 54.6 Å². The molecule has 0 aliphatic carbocycles. The Balaban J connectivity index is 1.78. The Labute approximate surface area is 261 Å². The van der Waals surface area contributed by atoms with Gasteiger partial charge in [-0.15, -0.1) is 11.3 Å². The molecular formula is C32H28F3N5O4S. The van der Waals surface area contributed by atoms with E-state index in [1.807, 2.05) is 13.8 Å². The molecule has 9 nitrogen and oxygen atoms in total. The highest BCUT2D eigenvalue weighted by atomic mass is 32.1. The normalized spacial score (nSPS) is 10.7. The SMILES string of the molecule is CC(=O)NNC(=O)c1c(OCc2ccc(F)cc2)nc(CC(C)C)c(C#N)c1-c1ccc(C(=O)NCc2ccc(F)c(F)c2)s1. The summed E-state index contributed by atoms with van der Waals surface area (Å²) >= 11 is 0.983. The topological polar surface area (TPSA) is 133 Å². The Morgan fingerprint density at radius 2 is 1.67 bits per heavy atom. The average Bonchev–Trinajstić information content (AvgIpc) is 3.49. The molecular weight excluding hydrogens is 607 g/mol. The Bertz CT molecular complexity index is 1780. The van der Waals surface area contributed by atoms with Crippen LogP contribution in [0.25, 0.3) is 10.4 Å². The van der Waals surface area contributed by atoms with E-state index < -0.39 is 35.2 Å². The van der Waals surface area contributed by atoms with Crippen molar-refractivity contribution < 1.29 is 32.3 Å². The molecule has 0 spiro atoms. The molecule has 0 saturated heterocycles. The van der Waals surface area contributed by atoms with Gasteiger partial charge in [0.1, 0.15) is 24.1 Å². The van der Waals surface area contributed by atoms with Gasteiger partial charge in [0.2, 0.25) is 11.8 Å². The number of aromatic nitrogens is 1. The fourth-order valence-electron chi connectivity index (χ4n) is 4.28. The molecule has 0 aliphatic rings. The number of carbonyl (C=O) groups excluding carboxylic acids is 3. The largest absolute Gasteiger partial charge is 0.472 e. The van der Waals surface area contributed by atoms with E-state index in [1.54, 1.807) is 6.07 Å². The molecule has 0 atom stereocenters. The molecule has 2 aromatic carbocycles. The molecule has 0 unspecified atom stereocenters. The zero-order valence-electron chi connectivity index (χ0n) is 24.5. The van der Waals surface area contributed by atoms with Crippen molar-refractivity contribution in [3.05, 3.63) is 105 Å². The van der Waals surface area contributed by atoms with Gasteiger partial charge in [0, 0.05) is 23.9 Å². The molecule has 2 aromatic heterocycles. The van der Waals surface area contributed by atoms with Gasteiger partial charge in [-0.25, -0.2) is 18.2 Å². The van der Waals surface area contributed by atoms with Crippen LogP contribution in [0.1, 0.15) is 63.2 Å². The molecule has 3 amide bonds. The lowest BCUT2D eigenvalue weighted by atomic mass is 9.95. The molecule has 0 radical (unpaired) electrons. The molecule has 0 fully saturated rings. The highest BCUT2D eigenvalue weighted by Crippen LogP contribution is 2.39. The van der Waals surface area contributed by atoms with Crippen LogP contribution in [0, 0.1) is 34.7 Å². The van der Waals surface area contributed by atoms with Crippen molar-refractivity contribution in [2.75, 3.05) is 0 Å². The van der Waals surface area contributed by atoms with Crippen LogP contribution in [0.4, 0.5) is 13.2 Å². The fourth-order valence-corrected chi connectivity index (χ4v) is 5.26. The third kappa shape index (κ3) is 8.24. The average molecular weight is 636 g/mol. The summed E-state index contributed by atoms with van der Waals surface area (Å²) in [6, 6.07) is 14.0. The highest BCUT2D eigenvalue weighted by molar-refractivity contribution is 7.17.